The minimum absolute atomic E-state index is 0.413. The lowest BCUT2D eigenvalue weighted by molar-refractivity contribution is 0.144. The molecule has 0 aliphatic carbocycles. The van der Waals surface area contributed by atoms with Gasteiger partial charge in [-0.3, -0.25) is 0 Å². The summed E-state index contributed by atoms with van der Waals surface area (Å²) in [5.74, 6) is 0.544. The van der Waals surface area contributed by atoms with Crippen molar-refractivity contribution in [1.29, 1.82) is 0 Å². The molecule has 0 fully saturated rings. The molecule has 2 atom stereocenters. The van der Waals surface area contributed by atoms with Crippen molar-refractivity contribution < 1.29 is 9.52 Å². The number of furan rings is 1. The highest BCUT2D eigenvalue weighted by Gasteiger charge is 2.14. The number of aliphatic hydroxyl groups is 1. The highest BCUT2D eigenvalue weighted by atomic mass is 16.3. The second-order valence-corrected chi connectivity index (χ2v) is 6.71. The SMILES string of the molecule is CCCCCC(C)CC(O)c1ccc2c(c1)oc1ccccc12. The zero-order valence-electron chi connectivity index (χ0n) is 14.1. The molecule has 2 nitrogen and oxygen atoms in total. The van der Waals surface area contributed by atoms with E-state index in [1.54, 1.807) is 0 Å². The highest BCUT2D eigenvalue weighted by molar-refractivity contribution is 6.04. The molecule has 0 bridgehead atoms. The lowest BCUT2D eigenvalue weighted by Gasteiger charge is -2.16. The number of benzene rings is 2. The normalized spacial score (nSPS) is 14.4. The molecule has 2 aromatic carbocycles. The van der Waals surface area contributed by atoms with Gasteiger partial charge in [0.15, 0.2) is 0 Å². The van der Waals surface area contributed by atoms with Gasteiger partial charge in [-0.25, -0.2) is 0 Å². The number of hydrogen-bond donors (Lipinski definition) is 1. The van der Waals surface area contributed by atoms with E-state index in [2.05, 4.69) is 26.0 Å². The van der Waals surface area contributed by atoms with Gasteiger partial charge in [-0.1, -0.05) is 69.9 Å². The Bertz CT molecular complexity index is 772. The maximum absolute atomic E-state index is 10.5. The van der Waals surface area contributed by atoms with Crippen molar-refractivity contribution in [1.82, 2.24) is 0 Å². The third-order valence-corrected chi connectivity index (χ3v) is 4.71. The molecule has 1 heterocycles. The average molecular weight is 310 g/mol. The number of fused-ring (bicyclic) bond motifs is 3. The van der Waals surface area contributed by atoms with Gasteiger partial charge >= 0.3 is 0 Å². The summed E-state index contributed by atoms with van der Waals surface area (Å²) in [4.78, 5) is 0. The lowest BCUT2D eigenvalue weighted by atomic mass is 9.93. The Balaban J connectivity index is 1.76. The van der Waals surface area contributed by atoms with Crippen LogP contribution < -0.4 is 0 Å². The molecule has 23 heavy (non-hydrogen) atoms. The molecule has 1 N–H and O–H groups in total. The van der Waals surface area contributed by atoms with E-state index >= 15 is 0 Å². The Hall–Kier alpha value is -1.80. The molecular formula is C21H26O2. The summed E-state index contributed by atoms with van der Waals surface area (Å²) < 4.78 is 5.92. The van der Waals surface area contributed by atoms with Crippen LogP contribution in [0.3, 0.4) is 0 Å². The number of hydrogen-bond acceptors (Lipinski definition) is 2. The maximum atomic E-state index is 10.5. The van der Waals surface area contributed by atoms with Crippen LogP contribution in [0.25, 0.3) is 21.9 Å². The second kappa shape index (κ2) is 7.18. The standard InChI is InChI=1S/C21H26O2/c1-3-4-5-8-15(2)13-19(22)16-11-12-18-17-9-6-7-10-20(17)23-21(18)14-16/h6-7,9-12,14-15,19,22H,3-5,8,13H2,1-2H3. The largest absolute Gasteiger partial charge is 0.456 e. The van der Waals surface area contributed by atoms with Crippen LogP contribution >= 0.6 is 0 Å². The van der Waals surface area contributed by atoms with Gasteiger partial charge < -0.3 is 9.52 Å². The van der Waals surface area contributed by atoms with Crippen LogP contribution in [0.15, 0.2) is 46.9 Å². The van der Waals surface area contributed by atoms with Gasteiger partial charge in [-0.2, -0.15) is 0 Å². The molecule has 2 unspecified atom stereocenters. The van der Waals surface area contributed by atoms with Crippen LogP contribution in [-0.4, -0.2) is 5.11 Å². The van der Waals surface area contributed by atoms with Crippen molar-refractivity contribution in [3.63, 3.8) is 0 Å². The quantitative estimate of drug-likeness (QED) is 0.525. The van der Waals surface area contributed by atoms with Gasteiger partial charge in [0.1, 0.15) is 11.2 Å². The summed E-state index contributed by atoms with van der Waals surface area (Å²) in [6.07, 6.45) is 5.38. The van der Waals surface area contributed by atoms with Crippen molar-refractivity contribution in [2.75, 3.05) is 0 Å². The molecule has 3 rings (SSSR count). The Morgan fingerprint density at radius 3 is 2.61 bits per heavy atom. The van der Waals surface area contributed by atoms with Gasteiger partial charge in [0.2, 0.25) is 0 Å². The Morgan fingerprint density at radius 2 is 1.78 bits per heavy atom. The first-order valence-corrected chi connectivity index (χ1v) is 8.78. The van der Waals surface area contributed by atoms with Gasteiger partial charge in [0, 0.05) is 10.8 Å². The fraction of sp³-hybridized carbons (Fsp3) is 0.429. The molecule has 0 saturated carbocycles. The summed E-state index contributed by atoms with van der Waals surface area (Å²) in [5, 5.41) is 12.8. The topological polar surface area (TPSA) is 33.4 Å². The van der Waals surface area contributed by atoms with E-state index in [0.717, 1.165) is 33.9 Å². The van der Waals surface area contributed by atoms with Crippen LogP contribution in [-0.2, 0) is 0 Å². The monoisotopic (exact) mass is 310 g/mol. The molecule has 3 aromatic rings. The summed E-state index contributed by atoms with van der Waals surface area (Å²) in [7, 11) is 0. The van der Waals surface area contributed by atoms with E-state index in [4.69, 9.17) is 4.42 Å². The van der Waals surface area contributed by atoms with Crippen molar-refractivity contribution in [3.05, 3.63) is 48.0 Å². The summed E-state index contributed by atoms with van der Waals surface area (Å²) in [6, 6.07) is 14.2. The van der Waals surface area contributed by atoms with Gasteiger partial charge in [0.25, 0.3) is 0 Å². The maximum Gasteiger partial charge on any atom is 0.135 e. The number of para-hydroxylation sites is 1. The molecule has 0 spiro atoms. The number of rotatable bonds is 7. The molecule has 0 aliphatic heterocycles. The first-order valence-electron chi connectivity index (χ1n) is 8.78. The van der Waals surface area contributed by atoms with E-state index in [1.807, 2.05) is 30.3 Å². The van der Waals surface area contributed by atoms with Crippen LogP contribution in [0.2, 0.25) is 0 Å². The van der Waals surface area contributed by atoms with E-state index in [0.29, 0.717) is 5.92 Å². The van der Waals surface area contributed by atoms with Crippen molar-refractivity contribution >= 4 is 21.9 Å². The van der Waals surface area contributed by atoms with E-state index in [-0.39, 0.29) is 0 Å². The minimum Gasteiger partial charge on any atom is -0.456 e. The van der Waals surface area contributed by atoms with Gasteiger partial charge in [0.05, 0.1) is 6.10 Å². The zero-order valence-corrected chi connectivity index (χ0v) is 14.1. The molecule has 2 heteroatoms. The van der Waals surface area contributed by atoms with Crippen molar-refractivity contribution in [3.8, 4) is 0 Å². The molecule has 0 amide bonds. The van der Waals surface area contributed by atoms with Gasteiger partial charge in [-0.15, -0.1) is 0 Å². The molecule has 0 radical (unpaired) electrons. The molecule has 0 saturated heterocycles. The molecular weight excluding hydrogens is 284 g/mol. The van der Waals surface area contributed by atoms with E-state index < -0.39 is 6.10 Å². The Kier molecular flexibility index (Phi) is 5.02. The minimum atomic E-state index is -0.413. The third kappa shape index (κ3) is 3.59. The first kappa shape index (κ1) is 16.1. The van der Waals surface area contributed by atoms with Gasteiger partial charge in [-0.05, 0) is 30.0 Å². The third-order valence-electron chi connectivity index (χ3n) is 4.71. The predicted molar refractivity (Wildman–Crippen MR) is 96.6 cm³/mol. The Labute approximate surface area is 138 Å². The number of aliphatic hydroxyl groups excluding tert-OH is 1. The zero-order chi connectivity index (χ0) is 16.2. The Morgan fingerprint density at radius 1 is 1.00 bits per heavy atom. The summed E-state index contributed by atoms with van der Waals surface area (Å²) in [5.41, 5.74) is 2.72. The molecule has 122 valence electrons. The van der Waals surface area contributed by atoms with Crippen LogP contribution in [0.5, 0.6) is 0 Å². The fourth-order valence-electron chi connectivity index (χ4n) is 3.33. The lowest BCUT2D eigenvalue weighted by Crippen LogP contribution is -2.04. The van der Waals surface area contributed by atoms with Crippen LogP contribution in [0.1, 0.15) is 57.6 Å². The smallest absolute Gasteiger partial charge is 0.135 e. The summed E-state index contributed by atoms with van der Waals surface area (Å²) in [6.45, 7) is 4.46. The van der Waals surface area contributed by atoms with Crippen LogP contribution in [0.4, 0.5) is 0 Å². The second-order valence-electron chi connectivity index (χ2n) is 6.71. The average Bonchev–Trinajstić information content (AvgIpc) is 2.92. The van der Waals surface area contributed by atoms with E-state index in [1.165, 1.54) is 25.7 Å². The fourth-order valence-corrected chi connectivity index (χ4v) is 3.33. The summed E-state index contributed by atoms with van der Waals surface area (Å²) >= 11 is 0. The van der Waals surface area contributed by atoms with Crippen molar-refractivity contribution in [2.24, 2.45) is 5.92 Å². The molecule has 0 aliphatic rings. The van der Waals surface area contributed by atoms with Crippen LogP contribution in [0, 0.1) is 5.92 Å². The predicted octanol–water partition coefficient (Wildman–Crippen LogP) is 6.23. The molecule has 1 aromatic heterocycles. The number of unbranched alkanes of at least 4 members (excludes halogenated alkanes) is 2. The first-order chi connectivity index (χ1) is 11.2. The van der Waals surface area contributed by atoms with Crippen molar-refractivity contribution in [2.45, 2.75) is 52.1 Å². The van der Waals surface area contributed by atoms with E-state index in [9.17, 15) is 5.11 Å². The highest BCUT2D eigenvalue weighted by Crippen LogP contribution is 2.32.